The molecular weight excluding hydrogens is 669 g/mol. The molecule has 4 nitrogen and oxygen atoms in total. The quantitative estimate of drug-likeness (QED) is 0.183. The van der Waals surface area contributed by atoms with Crippen molar-refractivity contribution < 1.29 is 9.47 Å². The van der Waals surface area contributed by atoms with Crippen LogP contribution in [0.4, 0.5) is 34.1 Å². The molecule has 3 heterocycles. The van der Waals surface area contributed by atoms with Gasteiger partial charge in [0.2, 0.25) is 0 Å². The maximum atomic E-state index is 6.48. The third-order valence-electron chi connectivity index (χ3n) is 10.3. The number of fused-ring (bicyclic) bond motifs is 7. The fourth-order valence-corrected chi connectivity index (χ4v) is 9.10. The average molecular weight is 699 g/mol. The maximum Gasteiger partial charge on any atom is 0.151 e. The zero-order valence-electron chi connectivity index (χ0n) is 28.4. The standard InChI is InChI=1S/C48H30N2O2S/c1-2-15-33(32(14-1)34-17-13-27-47-48(34)35-16-3-12-26-46(35)53-47)36-30-31(49-38-18-4-8-22-42(38)51-43-23-9-5-19-39(43)49)28-29-37(36)50-40-20-6-10-24-44(40)52-45-25-11-7-21-41(45)50/h1-30H. The first-order chi connectivity index (χ1) is 26.3. The Morgan fingerprint density at radius 3 is 1.43 bits per heavy atom. The lowest BCUT2D eigenvalue weighted by molar-refractivity contribution is 0.476. The second-order valence-corrected chi connectivity index (χ2v) is 14.4. The van der Waals surface area contributed by atoms with Crippen LogP contribution in [0.1, 0.15) is 0 Å². The number of hydrogen-bond acceptors (Lipinski definition) is 5. The van der Waals surface area contributed by atoms with Gasteiger partial charge in [0.25, 0.3) is 0 Å². The van der Waals surface area contributed by atoms with Crippen LogP contribution < -0.4 is 19.3 Å². The van der Waals surface area contributed by atoms with Crippen LogP contribution >= 0.6 is 11.3 Å². The van der Waals surface area contributed by atoms with Crippen LogP contribution in [0.2, 0.25) is 0 Å². The molecule has 8 aromatic carbocycles. The van der Waals surface area contributed by atoms with Crippen molar-refractivity contribution in [1.29, 1.82) is 0 Å². The third kappa shape index (κ3) is 4.68. The van der Waals surface area contributed by atoms with Gasteiger partial charge >= 0.3 is 0 Å². The highest BCUT2D eigenvalue weighted by Crippen LogP contribution is 2.56. The Labute approximate surface area is 311 Å². The van der Waals surface area contributed by atoms with E-state index in [2.05, 4.69) is 143 Å². The first kappa shape index (κ1) is 29.9. The average Bonchev–Trinajstić information content (AvgIpc) is 3.61. The van der Waals surface area contributed by atoms with Gasteiger partial charge < -0.3 is 19.3 Å². The van der Waals surface area contributed by atoms with Gasteiger partial charge in [0.05, 0.1) is 28.4 Å². The van der Waals surface area contributed by atoms with Crippen molar-refractivity contribution in [3.63, 3.8) is 0 Å². The van der Waals surface area contributed by atoms with E-state index in [0.717, 1.165) is 68.2 Å². The molecule has 9 aromatic rings. The Morgan fingerprint density at radius 2 is 0.811 bits per heavy atom. The van der Waals surface area contributed by atoms with E-state index < -0.39 is 0 Å². The molecule has 0 radical (unpaired) electrons. The summed E-state index contributed by atoms with van der Waals surface area (Å²) >= 11 is 1.85. The molecule has 0 spiro atoms. The fraction of sp³-hybridized carbons (Fsp3) is 0. The molecule has 0 unspecified atom stereocenters. The highest BCUT2D eigenvalue weighted by atomic mass is 32.1. The molecule has 0 amide bonds. The summed E-state index contributed by atoms with van der Waals surface area (Å²) in [5.74, 6) is 3.29. The summed E-state index contributed by atoms with van der Waals surface area (Å²) in [5.41, 5.74) is 10.7. The van der Waals surface area contributed by atoms with Gasteiger partial charge in [-0.2, -0.15) is 0 Å². The van der Waals surface area contributed by atoms with E-state index in [9.17, 15) is 0 Å². The predicted octanol–water partition coefficient (Wildman–Crippen LogP) is 14.5. The largest absolute Gasteiger partial charge is 0.453 e. The molecule has 2 aliphatic rings. The maximum absolute atomic E-state index is 6.48. The lowest BCUT2D eigenvalue weighted by Gasteiger charge is -2.36. The first-order valence-corrected chi connectivity index (χ1v) is 18.6. The lowest BCUT2D eigenvalue weighted by Crippen LogP contribution is -2.18. The van der Waals surface area contributed by atoms with Gasteiger partial charge in [-0.15, -0.1) is 11.3 Å². The van der Waals surface area contributed by atoms with E-state index in [1.807, 2.05) is 59.9 Å². The van der Waals surface area contributed by atoms with Crippen molar-refractivity contribution in [2.24, 2.45) is 0 Å². The summed E-state index contributed by atoms with van der Waals surface area (Å²) in [6.45, 7) is 0. The van der Waals surface area contributed by atoms with Crippen LogP contribution in [-0.2, 0) is 0 Å². The predicted molar refractivity (Wildman–Crippen MR) is 220 cm³/mol. The van der Waals surface area contributed by atoms with Crippen molar-refractivity contribution in [3.05, 3.63) is 182 Å². The number of anilines is 6. The highest BCUT2D eigenvalue weighted by Gasteiger charge is 2.31. The minimum absolute atomic E-state index is 0.819. The number of para-hydroxylation sites is 8. The van der Waals surface area contributed by atoms with Crippen molar-refractivity contribution in [1.82, 2.24) is 0 Å². The normalized spacial score (nSPS) is 12.8. The van der Waals surface area contributed by atoms with Crippen LogP contribution in [0.15, 0.2) is 182 Å². The van der Waals surface area contributed by atoms with Gasteiger partial charge in [0.1, 0.15) is 0 Å². The molecule has 0 N–H and O–H groups in total. The lowest BCUT2D eigenvalue weighted by atomic mass is 9.90. The summed E-state index contributed by atoms with van der Waals surface area (Å²) in [6, 6.07) is 64.3. The number of benzene rings is 8. The van der Waals surface area contributed by atoms with Gasteiger partial charge in [0, 0.05) is 31.4 Å². The Morgan fingerprint density at radius 1 is 0.340 bits per heavy atom. The molecule has 0 aliphatic carbocycles. The van der Waals surface area contributed by atoms with E-state index in [4.69, 9.17) is 9.47 Å². The van der Waals surface area contributed by atoms with Crippen molar-refractivity contribution in [2.75, 3.05) is 9.80 Å². The Bertz CT molecular complexity index is 2800. The van der Waals surface area contributed by atoms with Crippen LogP contribution in [0, 0.1) is 0 Å². The van der Waals surface area contributed by atoms with Crippen LogP contribution in [-0.4, -0.2) is 0 Å². The summed E-state index contributed by atoms with van der Waals surface area (Å²) in [5, 5.41) is 2.57. The number of hydrogen-bond donors (Lipinski definition) is 0. The number of rotatable bonds is 4. The molecule has 0 saturated heterocycles. The van der Waals surface area contributed by atoms with Gasteiger partial charge in [0.15, 0.2) is 23.0 Å². The molecule has 0 atom stereocenters. The smallest absolute Gasteiger partial charge is 0.151 e. The van der Waals surface area contributed by atoms with E-state index in [1.54, 1.807) is 0 Å². The van der Waals surface area contributed by atoms with Crippen LogP contribution in [0.25, 0.3) is 42.4 Å². The molecule has 0 bridgehead atoms. The zero-order chi connectivity index (χ0) is 34.9. The molecule has 5 heteroatoms. The van der Waals surface area contributed by atoms with E-state index in [0.29, 0.717) is 0 Å². The fourth-order valence-electron chi connectivity index (χ4n) is 7.97. The minimum atomic E-state index is 0.819. The monoisotopic (exact) mass is 698 g/mol. The SMILES string of the molecule is c1ccc2c(c1)Oc1ccccc1N2c1ccc(N2c3ccccc3Oc3ccccc32)c(-c2ccccc2-c2cccc3sc4ccccc4c23)c1. The number of thiophene rings is 1. The molecule has 2 aliphatic heterocycles. The summed E-state index contributed by atoms with van der Waals surface area (Å²) in [4.78, 5) is 4.67. The van der Waals surface area contributed by atoms with Crippen molar-refractivity contribution in [3.8, 4) is 45.3 Å². The van der Waals surface area contributed by atoms with Crippen molar-refractivity contribution in [2.45, 2.75) is 0 Å². The second-order valence-electron chi connectivity index (χ2n) is 13.3. The molecule has 0 fully saturated rings. The van der Waals surface area contributed by atoms with Crippen LogP contribution in [0.3, 0.4) is 0 Å². The van der Waals surface area contributed by atoms with Crippen LogP contribution in [0.5, 0.6) is 23.0 Å². The van der Waals surface area contributed by atoms with E-state index >= 15 is 0 Å². The highest BCUT2D eigenvalue weighted by molar-refractivity contribution is 7.25. The summed E-state index contributed by atoms with van der Waals surface area (Å²) in [7, 11) is 0. The number of nitrogens with zero attached hydrogens (tertiary/aromatic N) is 2. The van der Waals surface area contributed by atoms with Gasteiger partial charge in [-0.3, -0.25) is 0 Å². The van der Waals surface area contributed by atoms with Gasteiger partial charge in [-0.25, -0.2) is 0 Å². The first-order valence-electron chi connectivity index (χ1n) is 17.8. The minimum Gasteiger partial charge on any atom is -0.453 e. The van der Waals surface area contributed by atoms with E-state index in [1.165, 1.54) is 31.3 Å². The summed E-state index contributed by atoms with van der Waals surface area (Å²) < 4.78 is 15.5. The topological polar surface area (TPSA) is 24.9 Å². The molecule has 53 heavy (non-hydrogen) atoms. The molecule has 0 saturated carbocycles. The molecule has 1 aromatic heterocycles. The zero-order valence-corrected chi connectivity index (χ0v) is 29.3. The Hall–Kier alpha value is -6.82. The van der Waals surface area contributed by atoms with Gasteiger partial charge in [-0.05, 0) is 95.6 Å². The summed E-state index contributed by atoms with van der Waals surface area (Å²) in [6.07, 6.45) is 0. The third-order valence-corrected chi connectivity index (χ3v) is 11.4. The van der Waals surface area contributed by atoms with E-state index in [-0.39, 0.29) is 0 Å². The Balaban J connectivity index is 1.21. The Kier molecular flexibility index (Phi) is 6.69. The molecular formula is C48H30N2O2S. The molecule has 250 valence electrons. The van der Waals surface area contributed by atoms with Gasteiger partial charge in [-0.1, -0.05) is 103 Å². The number of ether oxygens (including phenoxy) is 2. The molecule has 11 rings (SSSR count). The van der Waals surface area contributed by atoms with Crippen molar-refractivity contribution >= 4 is 65.6 Å². The second kappa shape index (κ2) is 11.9.